The zero-order valence-corrected chi connectivity index (χ0v) is 10.7. The molecule has 0 saturated heterocycles. The monoisotopic (exact) mass is 240 g/mol. The van der Waals surface area contributed by atoms with E-state index in [-0.39, 0.29) is 0 Å². The second kappa shape index (κ2) is 12.7. The number of carbonyl (C=O) groups is 1. The number of carboxylic acids is 1. The highest BCUT2D eigenvalue weighted by molar-refractivity contribution is 5.66. The van der Waals surface area contributed by atoms with Crippen molar-refractivity contribution < 1.29 is 9.90 Å². The molecule has 0 fully saturated rings. The molecule has 0 saturated carbocycles. The van der Waals surface area contributed by atoms with Crippen molar-refractivity contribution in [3.8, 4) is 0 Å². The SMILES string of the molecule is CCCCCCCCCC(=O)O.c1c[nH]cn1. The van der Waals surface area contributed by atoms with Gasteiger partial charge in [0.05, 0.1) is 6.33 Å². The average molecular weight is 240 g/mol. The van der Waals surface area contributed by atoms with Crippen LogP contribution in [0.5, 0.6) is 0 Å². The largest absolute Gasteiger partial charge is 0.481 e. The molecule has 2 N–H and O–H groups in total. The van der Waals surface area contributed by atoms with Crippen molar-refractivity contribution in [3.63, 3.8) is 0 Å². The Morgan fingerprint density at radius 2 is 1.82 bits per heavy atom. The molecule has 1 aromatic heterocycles. The number of nitrogens with one attached hydrogen (secondary N) is 1. The maximum absolute atomic E-state index is 10.1. The van der Waals surface area contributed by atoms with Crippen LogP contribution in [0.1, 0.15) is 58.3 Å². The van der Waals surface area contributed by atoms with Crippen molar-refractivity contribution in [2.45, 2.75) is 58.3 Å². The molecule has 1 heterocycles. The first-order chi connectivity index (χ1) is 8.27. The number of imidazole rings is 1. The summed E-state index contributed by atoms with van der Waals surface area (Å²) in [6.07, 6.45) is 13.7. The molecule has 0 aromatic carbocycles. The van der Waals surface area contributed by atoms with E-state index in [4.69, 9.17) is 5.11 Å². The molecule has 0 atom stereocenters. The van der Waals surface area contributed by atoms with Gasteiger partial charge in [-0.1, -0.05) is 45.4 Å². The lowest BCUT2D eigenvalue weighted by Gasteiger charge is -1.98. The first-order valence-electron chi connectivity index (χ1n) is 6.42. The van der Waals surface area contributed by atoms with Crippen molar-refractivity contribution >= 4 is 5.97 Å². The van der Waals surface area contributed by atoms with Gasteiger partial charge in [-0.15, -0.1) is 0 Å². The number of carboxylic acid groups (broad SMARTS) is 1. The van der Waals surface area contributed by atoms with Gasteiger partial charge in [-0.3, -0.25) is 4.79 Å². The number of H-pyrrole nitrogens is 1. The molecule has 4 nitrogen and oxygen atoms in total. The van der Waals surface area contributed by atoms with E-state index in [1.54, 1.807) is 18.7 Å². The summed E-state index contributed by atoms with van der Waals surface area (Å²) in [6, 6.07) is 0. The second-order valence-electron chi connectivity index (χ2n) is 4.03. The highest BCUT2D eigenvalue weighted by Gasteiger charge is 1.95. The molecular weight excluding hydrogens is 216 g/mol. The zero-order valence-electron chi connectivity index (χ0n) is 10.7. The van der Waals surface area contributed by atoms with Crippen LogP contribution in [-0.2, 0) is 4.79 Å². The van der Waals surface area contributed by atoms with E-state index in [1.807, 2.05) is 0 Å². The Balaban J connectivity index is 0.000000419. The molecule has 17 heavy (non-hydrogen) atoms. The number of nitrogens with zero attached hydrogens (tertiary/aromatic N) is 1. The minimum atomic E-state index is -0.663. The van der Waals surface area contributed by atoms with Gasteiger partial charge in [0.2, 0.25) is 0 Å². The first-order valence-corrected chi connectivity index (χ1v) is 6.42. The van der Waals surface area contributed by atoms with Crippen molar-refractivity contribution in [1.29, 1.82) is 0 Å². The Morgan fingerprint density at radius 1 is 1.18 bits per heavy atom. The summed E-state index contributed by atoms with van der Waals surface area (Å²) in [5.41, 5.74) is 0. The molecule has 98 valence electrons. The lowest BCUT2D eigenvalue weighted by molar-refractivity contribution is -0.137. The van der Waals surface area contributed by atoms with Crippen molar-refractivity contribution in [2.24, 2.45) is 0 Å². The molecule has 0 amide bonds. The van der Waals surface area contributed by atoms with Crippen LogP contribution in [0.2, 0.25) is 0 Å². The van der Waals surface area contributed by atoms with Crippen LogP contribution in [0.15, 0.2) is 18.7 Å². The fourth-order valence-corrected chi connectivity index (χ4v) is 1.45. The van der Waals surface area contributed by atoms with Gasteiger partial charge in [0.25, 0.3) is 0 Å². The Labute approximate surface area is 103 Å². The van der Waals surface area contributed by atoms with Crippen LogP contribution in [0.4, 0.5) is 0 Å². The predicted octanol–water partition coefficient (Wildman–Crippen LogP) is 3.62. The third kappa shape index (κ3) is 14.7. The molecule has 0 spiro atoms. The van der Waals surface area contributed by atoms with Gasteiger partial charge in [-0.25, -0.2) is 4.98 Å². The van der Waals surface area contributed by atoms with E-state index in [0.717, 1.165) is 12.8 Å². The van der Waals surface area contributed by atoms with Crippen LogP contribution >= 0.6 is 0 Å². The smallest absolute Gasteiger partial charge is 0.303 e. The second-order valence-corrected chi connectivity index (χ2v) is 4.03. The number of unbranched alkanes of at least 4 members (excludes halogenated alkanes) is 6. The van der Waals surface area contributed by atoms with Crippen molar-refractivity contribution in [3.05, 3.63) is 18.7 Å². The number of hydrogen-bond acceptors (Lipinski definition) is 2. The first kappa shape index (κ1) is 15.7. The summed E-state index contributed by atoms with van der Waals surface area (Å²) in [5, 5.41) is 8.35. The van der Waals surface area contributed by atoms with Gasteiger partial charge < -0.3 is 10.1 Å². The molecule has 0 radical (unpaired) electrons. The normalized spacial score (nSPS) is 9.47. The third-order valence-electron chi connectivity index (χ3n) is 2.40. The lowest BCUT2D eigenvalue weighted by Crippen LogP contribution is -1.93. The molecule has 0 bridgehead atoms. The Morgan fingerprint density at radius 3 is 2.24 bits per heavy atom. The van der Waals surface area contributed by atoms with Gasteiger partial charge in [-0.05, 0) is 6.42 Å². The fourth-order valence-electron chi connectivity index (χ4n) is 1.45. The molecule has 1 aromatic rings. The van der Waals surface area contributed by atoms with Crippen molar-refractivity contribution in [1.82, 2.24) is 9.97 Å². The quantitative estimate of drug-likeness (QED) is 0.682. The molecule has 4 heteroatoms. The van der Waals surface area contributed by atoms with E-state index in [1.165, 1.54) is 32.1 Å². The summed E-state index contributed by atoms with van der Waals surface area (Å²) in [4.78, 5) is 16.6. The van der Waals surface area contributed by atoms with Crippen LogP contribution in [0, 0.1) is 0 Å². The van der Waals surface area contributed by atoms with Gasteiger partial charge in [0.1, 0.15) is 0 Å². The highest BCUT2D eigenvalue weighted by atomic mass is 16.4. The Bertz CT molecular complexity index is 231. The summed E-state index contributed by atoms with van der Waals surface area (Å²) in [7, 11) is 0. The van der Waals surface area contributed by atoms with Crippen LogP contribution < -0.4 is 0 Å². The van der Waals surface area contributed by atoms with Gasteiger partial charge in [0.15, 0.2) is 0 Å². The van der Waals surface area contributed by atoms with E-state index in [9.17, 15) is 4.79 Å². The fraction of sp³-hybridized carbons (Fsp3) is 0.692. The molecular formula is C13H24N2O2. The summed E-state index contributed by atoms with van der Waals surface area (Å²) in [5.74, 6) is -0.663. The van der Waals surface area contributed by atoms with E-state index >= 15 is 0 Å². The Kier molecular flexibility index (Phi) is 11.8. The lowest BCUT2D eigenvalue weighted by atomic mass is 10.1. The van der Waals surface area contributed by atoms with Crippen molar-refractivity contribution in [2.75, 3.05) is 0 Å². The van der Waals surface area contributed by atoms with Crippen LogP contribution in [-0.4, -0.2) is 21.0 Å². The third-order valence-corrected chi connectivity index (χ3v) is 2.40. The van der Waals surface area contributed by atoms with E-state index in [0.29, 0.717) is 6.42 Å². The number of hydrogen-bond donors (Lipinski definition) is 2. The molecule has 0 aliphatic carbocycles. The predicted molar refractivity (Wildman–Crippen MR) is 68.8 cm³/mol. The van der Waals surface area contributed by atoms with Gasteiger partial charge in [-0.2, -0.15) is 0 Å². The summed E-state index contributed by atoms with van der Waals surface area (Å²) < 4.78 is 0. The maximum atomic E-state index is 10.1. The highest BCUT2D eigenvalue weighted by Crippen LogP contribution is 2.07. The molecule has 0 aliphatic heterocycles. The van der Waals surface area contributed by atoms with Gasteiger partial charge in [0, 0.05) is 18.8 Å². The number of aliphatic carboxylic acids is 1. The maximum Gasteiger partial charge on any atom is 0.303 e. The summed E-state index contributed by atoms with van der Waals surface area (Å²) in [6.45, 7) is 2.20. The molecule has 0 aliphatic rings. The van der Waals surface area contributed by atoms with E-state index < -0.39 is 5.97 Å². The number of aromatic nitrogens is 2. The minimum Gasteiger partial charge on any atom is -0.481 e. The summed E-state index contributed by atoms with van der Waals surface area (Å²) >= 11 is 0. The standard InChI is InChI=1S/C10H20O2.C3H4N2/c1-2-3-4-5-6-7-8-9-10(11)12;1-2-5-3-4-1/h2-9H2,1H3,(H,11,12);1-3H,(H,4,5). The number of rotatable bonds is 8. The molecule has 0 unspecified atom stereocenters. The van der Waals surface area contributed by atoms with E-state index in [2.05, 4.69) is 16.9 Å². The van der Waals surface area contributed by atoms with Crippen LogP contribution in [0.25, 0.3) is 0 Å². The topological polar surface area (TPSA) is 66.0 Å². The van der Waals surface area contributed by atoms with Crippen LogP contribution in [0.3, 0.4) is 0 Å². The zero-order chi connectivity index (χ0) is 12.8. The van der Waals surface area contributed by atoms with Gasteiger partial charge >= 0.3 is 5.97 Å². The average Bonchev–Trinajstić information content (AvgIpc) is 2.86. The Hall–Kier alpha value is -1.32. The number of aromatic amines is 1. The molecule has 1 rings (SSSR count). The minimum absolute atomic E-state index is 0.341.